The molecule has 1 aromatic heterocycles. The Bertz CT molecular complexity index is 432. The molecule has 8 heteroatoms. The van der Waals surface area contributed by atoms with E-state index >= 15 is 0 Å². The molecular weight excluding hydrogens is 246 g/mol. The molecule has 1 unspecified atom stereocenters. The molecular formula is C9H13N3O4S. The Morgan fingerprint density at radius 1 is 1.76 bits per heavy atom. The zero-order valence-corrected chi connectivity index (χ0v) is 10.3. The van der Waals surface area contributed by atoms with Gasteiger partial charge in [0.1, 0.15) is 12.7 Å². The number of hydrogen-bond acceptors (Lipinski definition) is 5. The van der Waals surface area contributed by atoms with Crippen LogP contribution in [0.4, 0.5) is 5.82 Å². The van der Waals surface area contributed by atoms with Crippen molar-refractivity contribution in [3.8, 4) is 0 Å². The number of nitro groups is 1. The van der Waals surface area contributed by atoms with Crippen LogP contribution < -0.4 is 0 Å². The molecule has 1 atom stereocenters. The number of carboxylic acid groups (broad SMARTS) is 1. The first-order chi connectivity index (χ1) is 7.93. The molecule has 0 amide bonds. The van der Waals surface area contributed by atoms with Crippen LogP contribution in [0.5, 0.6) is 0 Å². The van der Waals surface area contributed by atoms with Gasteiger partial charge in [0.15, 0.2) is 5.82 Å². The summed E-state index contributed by atoms with van der Waals surface area (Å²) in [5, 5.41) is 18.9. The van der Waals surface area contributed by atoms with Gasteiger partial charge in [-0.2, -0.15) is 0 Å². The number of rotatable bonds is 6. The normalized spacial score (nSPS) is 12.4. The zero-order valence-electron chi connectivity index (χ0n) is 9.49. The van der Waals surface area contributed by atoms with Crippen molar-refractivity contribution in [3.05, 3.63) is 22.1 Å². The number of nitrogens with zero attached hydrogens (tertiary/aromatic N) is 3. The number of aryl methyl sites for hydroxylation is 1. The van der Waals surface area contributed by atoms with E-state index in [4.69, 9.17) is 5.11 Å². The number of aliphatic carboxylic acids is 1. The van der Waals surface area contributed by atoms with Crippen LogP contribution in [0.25, 0.3) is 0 Å². The van der Waals surface area contributed by atoms with Gasteiger partial charge in [-0.1, -0.05) is 0 Å². The number of carboxylic acids is 1. The third-order valence-corrected chi connectivity index (χ3v) is 3.37. The summed E-state index contributed by atoms with van der Waals surface area (Å²) < 4.78 is 1.47. The average molecular weight is 259 g/mol. The maximum absolute atomic E-state index is 10.7. The van der Waals surface area contributed by atoms with Crippen LogP contribution in [0.15, 0.2) is 6.20 Å². The molecule has 0 radical (unpaired) electrons. The fourth-order valence-corrected chi connectivity index (χ4v) is 2.05. The van der Waals surface area contributed by atoms with Crippen LogP contribution >= 0.6 is 11.8 Å². The molecule has 0 aliphatic heterocycles. The van der Waals surface area contributed by atoms with Gasteiger partial charge in [-0.15, -0.1) is 11.8 Å². The molecule has 0 aromatic carbocycles. The van der Waals surface area contributed by atoms with Crippen molar-refractivity contribution in [2.24, 2.45) is 0 Å². The topological polar surface area (TPSA) is 98.3 Å². The number of imidazole rings is 1. The molecule has 1 rings (SSSR count). The third kappa shape index (κ3) is 3.45. The van der Waals surface area contributed by atoms with Gasteiger partial charge in [0.05, 0.1) is 5.25 Å². The maximum atomic E-state index is 10.7. The van der Waals surface area contributed by atoms with E-state index in [9.17, 15) is 14.9 Å². The summed E-state index contributed by atoms with van der Waals surface area (Å²) in [5.74, 6) is 0.101. The van der Waals surface area contributed by atoms with Crippen LogP contribution in [0.2, 0.25) is 0 Å². The molecule has 0 spiro atoms. The lowest BCUT2D eigenvalue weighted by Crippen LogP contribution is -2.14. The Hall–Kier alpha value is -1.57. The molecule has 0 bridgehead atoms. The molecule has 0 fully saturated rings. The van der Waals surface area contributed by atoms with Gasteiger partial charge in [-0.25, -0.2) is 9.55 Å². The number of aromatic nitrogens is 2. The summed E-state index contributed by atoms with van der Waals surface area (Å²) >= 11 is 1.24. The van der Waals surface area contributed by atoms with Crippen molar-refractivity contribution < 1.29 is 14.8 Å². The van der Waals surface area contributed by atoms with Crippen molar-refractivity contribution in [1.82, 2.24) is 9.55 Å². The van der Waals surface area contributed by atoms with E-state index in [0.717, 1.165) is 0 Å². The molecule has 0 aliphatic rings. The van der Waals surface area contributed by atoms with Gasteiger partial charge in [0.25, 0.3) is 0 Å². The van der Waals surface area contributed by atoms with Crippen LogP contribution in [0, 0.1) is 17.0 Å². The van der Waals surface area contributed by atoms with E-state index in [1.165, 1.54) is 22.5 Å². The first kappa shape index (κ1) is 13.5. The third-order valence-electron chi connectivity index (χ3n) is 2.25. The maximum Gasteiger partial charge on any atom is 0.342 e. The van der Waals surface area contributed by atoms with Crippen molar-refractivity contribution in [3.63, 3.8) is 0 Å². The fraction of sp³-hybridized carbons (Fsp3) is 0.556. The first-order valence-corrected chi connectivity index (χ1v) is 5.99. The second kappa shape index (κ2) is 5.67. The second-order valence-electron chi connectivity index (χ2n) is 3.42. The van der Waals surface area contributed by atoms with E-state index in [2.05, 4.69) is 4.98 Å². The lowest BCUT2D eigenvalue weighted by atomic mass is 10.5. The van der Waals surface area contributed by atoms with Crippen molar-refractivity contribution in [1.29, 1.82) is 0 Å². The minimum atomic E-state index is -0.883. The van der Waals surface area contributed by atoms with Crippen molar-refractivity contribution >= 4 is 23.5 Å². The summed E-state index contributed by atoms with van der Waals surface area (Å²) in [4.78, 5) is 24.6. The summed E-state index contributed by atoms with van der Waals surface area (Å²) in [6, 6.07) is 0. The van der Waals surface area contributed by atoms with Crippen molar-refractivity contribution in [2.45, 2.75) is 25.6 Å². The Kier molecular flexibility index (Phi) is 4.50. The van der Waals surface area contributed by atoms with Crippen LogP contribution in [0.3, 0.4) is 0 Å². The predicted octanol–water partition coefficient (Wildman–Crippen LogP) is 1.31. The van der Waals surface area contributed by atoms with Gasteiger partial charge < -0.3 is 15.2 Å². The largest absolute Gasteiger partial charge is 0.480 e. The highest BCUT2D eigenvalue weighted by Gasteiger charge is 2.18. The van der Waals surface area contributed by atoms with Crippen molar-refractivity contribution in [2.75, 3.05) is 5.75 Å². The minimum Gasteiger partial charge on any atom is -0.480 e. The SMILES string of the molecule is Cc1ncc([N+](=O)[O-])n1CCSC(C)C(=O)O. The lowest BCUT2D eigenvalue weighted by molar-refractivity contribution is -0.392. The van der Waals surface area contributed by atoms with E-state index < -0.39 is 16.1 Å². The summed E-state index contributed by atoms with van der Waals surface area (Å²) in [6.07, 6.45) is 1.21. The Morgan fingerprint density at radius 3 is 2.94 bits per heavy atom. The average Bonchev–Trinajstić information content (AvgIpc) is 2.60. The minimum absolute atomic E-state index is 0.0638. The van der Waals surface area contributed by atoms with Gasteiger partial charge in [-0.3, -0.25) is 4.79 Å². The second-order valence-corrected chi connectivity index (χ2v) is 4.87. The van der Waals surface area contributed by atoms with E-state index in [0.29, 0.717) is 18.1 Å². The van der Waals surface area contributed by atoms with Crippen LogP contribution in [-0.4, -0.2) is 36.6 Å². The van der Waals surface area contributed by atoms with Gasteiger partial charge in [0.2, 0.25) is 0 Å². The standard InChI is InChI=1S/C9H13N3O4S/c1-6(9(13)14)17-4-3-11-7(2)10-5-8(11)12(15)16/h5-6H,3-4H2,1-2H3,(H,13,14). The van der Waals surface area contributed by atoms with Crippen LogP contribution in [-0.2, 0) is 11.3 Å². The lowest BCUT2D eigenvalue weighted by Gasteiger charge is -2.05. The van der Waals surface area contributed by atoms with Gasteiger partial charge in [0, 0.05) is 12.7 Å². The van der Waals surface area contributed by atoms with E-state index in [1.54, 1.807) is 13.8 Å². The summed E-state index contributed by atoms with van der Waals surface area (Å²) in [6.45, 7) is 3.64. The first-order valence-electron chi connectivity index (χ1n) is 4.94. The molecule has 0 saturated heterocycles. The zero-order chi connectivity index (χ0) is 13.0. The molecule has 17 heavy (non-hydrogen) atoms. The summed E-state index contributed by atoms with van der Waals surface area (Å²) in [7, 11) is 0. The highest BCUT2D eigenvalue weighted by molar-refractivity contribution is 8.00. The van der Waals surface area contributed by atoms with E-state index in [-0.39, 0.29) is 5.82 Å². The Labute approximate surface area is 102 Å². The number of thioether (sulfide) groups is 1. The molecule has 1 heterocycles. The molecule has 0 aliphatic carbocycles. The van der Waals surface area contributed by atoms with Crippen LogP contribution in [0.1, 0.15) is 12.7 Å². The Morgan fingerprint density at radius 2 is 2.41 bits per heavy atom. The number of carbonyl (C=O) groups is 1. The highest BCUT2D eigenvalue weighted by Crippen LogP contribution is 2.16. The smallest absolute Gasteiger partial charge is 0.342 e. The van der Waals surface area contributed by atoms with E-state index in [1.807, 2.05) is 0 Å². The predicted molar refractivity (Wildman–Crippen MR) is 63.2 cm³/mol. The molecule has 1 N–H and O–H groups in total. The highest BCUT2D eigenvalue weighted by atomic mass is 32.2. The monoisotopic (exact) mass is 259 g/mol. The molecule has 94 valence electrons. The molecule has 0 saturated carbocycles. The summed E-state index contributed by atoms with van der Waals surface area (Å²) in [5.41, 5.74) is 0. The van der Waals surface area contributed by atoms with Gasteiger partial charge >= 0.3 is 11.8 Å². The fourth-order valence-electron chi connectivity index (χ4n) is 1.27. The Balaban J connectivity index is 2.60. The molecule has 1 aromatic rings. The number of hydrogen-bond donors (Lipinski definition) is 1. The van der Waals surface area contributed by atoms with Gasteiger partial charge in [-0.05, 0) is 11.8 Å². The quantitative estimate of drug-likeness (QED) is 0.610. The molecule has 7 nitrogen and oxygen atoms in total.